The number of hydrogen-bond donors (Lipinski definition) is 1. The van der Waals surface area contributed by atoms with Crippen molar-refractivity contribution in [2.75, 3.05) is 13.2 Å². The maximum absolute atomic E-state index is 12.3. The van der Waals surface area contributed by atoms with Gasteiger partial charge in [-0.05, 0) is 39.0 Å². The van der Waals surface area contributed by atoms with Gasteiger partial charge in [0.15, 0.2) is 17.6 Å². The summed E-state index contributed by atoms with van der Waals surface area (Å²) in [6.45, 7) is 6.18. The number of fused-ring (bicyclic) bond motifs is 1. The number of benzene rings is 1. The van der Waals surface area contributed by atoms with Crippen molar-refractivity contribution in [3.8, 4) is 17.2 Å². The Kier molecular flexibility index (Phi) is 4.39. The van der Waals surface area contributed by atoms with Crippen LogP contribution < -0.4 is 15.2 Å². The largest absolute Gasteiger partial charge is 0.486 e. The summed E-state index contributed by atoms with van der Waals surface area (Å²) in [6.07, 6.45) is -0.982. The van der Waals surface area contributed by atoms with Crippen LogP contribution in [0.4, 0.5) is 0 Å². The van der Waals surface area contributed by atoms with Gasteiger partial charge in [0.25, 0.3) is 5.91 Å². The molecule has 0 aliphatic carbocycles. The van der Waals surface area contributed by atoms with Crippen molar-refractivity contribution in [1.82, 2.24) is 4.57 Å². The highest BCUT2D eigenvalue weighted by Crippen LogP contribution is 2.33. The number of primary amides is 1. The molecule has 1 atom stereocenters. The van der Waals surface area contributed by atoms with Crippen LogP contribution in [0.1, 0.15) is 28.7 Å². The molecule has 0 saturated carbocycles. The van der Waals surface area contributed by atoms with E-state index in [4.69, 9.17) is 19.9 Å². The van der Waals surface area contributed by atoms with Gasteiger partial charge in [0, 0.05) is 23.1 Å². The molecule has 1 aliphatic rings. The molecule has 1 aromatic heterocycles. The molecular weight excluding hydrogens is 324 g/mol. The van der Waals surface area contributed by atoms with Crippen molar-refractivity contribution in [3.63, 3.8) is 0 Å². The van der Waals surface area contributed by atoms with E-state index in [0.717, 1.165) is 11.4 Å². The monoisotopic (exact) mass is 344 g/mol. The smallest absolute Gasteiger partial charge is 0.340 e. The van der Waals surface area contributed by atoms with E-state index >= 15 is 0 Å². The Morgan fingerprint density at radius 3 is 2.52 bits per heavy atom. The second kappa shape index (κ2) is 6.51. The molecule has 3 rings (SSSR count). The molecule has 2 N–H and O–H groups in total. The molecule has 25 heavy (non-hydrogen) atoms. The Morgan fingerprint density at radius 1 is 1.16 bits per heavy atom. The number of carbonyl (C=O) groups is 2. The number of carbonyl (C=O) groups excluding carboxylic acids is 2. The zero-order valence-electron chi connectivity index (χ0n) is 14.4. The zero-order valence-corrected chi connectivity index (χ0v) is 14.4. The highest BCUT2D eigenvalue weighted by Gasteiger charge is 2.22. The third-order valence-corrected chi connectivity index (χ3v) is 4.12. The zero-order chi connectivity index (χ0) is 18.1. The Balaban J connectivity index is 1.95. The fourth-order valence-electron chi connectivity index (χ4n) is 2.82. The molecule has 0 fully saturated rings. The van der Waals surface area contributed by atoms with Crippen LogP contribution in [0.25, 0.3) is 5.69 Å². The van der Waals surface area contributed by atoms with Gasteiger partial charge in [-0.25, -0.2) is 4.79 Å². The van der Waals surface area contributed by atoms with E-state index in [0.29, 0.717) is 36.0 Å². The third kappa shape index (κ3) is 3.17. The average Bonchev–Trinajstić information content (AvgIpc) is 2.89. The van der Waals surface area contributed by atoms with E-state index in [9.17, 15) is 9.59 Å². The van der Waals surface area contributed by atoms with Crippen molar-refractivity contribution in [2.24, 2.45) is 5.73 Å². The van der Waals surface area contributed by atoms with Crippen molar-refractivity contribution >= 4 is 11.9 Å². The van der Waals surface area contributed by atoms with Crippen LogP contribution in [-0.4, -0.2) is 35.8 Å². The van der Waals surface area contributed by atoms with Crippen molar-refractivity contribution in [3.05, 3.63) is 41.2 Å². The van der Waals surface area contributed by atoms with Gasteiger partial charge in [-0.1, -0.05) is 0 Å². The highest BCUT2D eigenvalue weighted by atomic mass is 16.6. The molecule has 7 heteroatoms. The van der Waals surface area contributed by atoms with Gasteiger partial charge >= 0.3 is 5.97 Å². The molecule has 1 aliphatic heterocycles. The van der Waals surface area contributed by atoms with Crippen LogP contribution in [0.5, 0.6) is 11.5 Å². The summed E-state index contributed by atoms with van der Waals surface area (Å²) in [5.41, 5.74) is 7.94. The van der Waals surface area contributed by atoms with Crippen LogP contribution in [0.3, 0.4) is 0 Å². The standard InChI is InChI=1S/C18H20N2O5/c1-10-8-14(18(22)25-12(3)17(19)21)11(2)20(10)13-4-5-15-16(9-13)24-7-6-23-15/h4-5,8-9,12H,6-7H2,1-3H3,(H2,19,21)/t12-/m0/s1. The summed E-state index contributed by atoms with van der Waals surface area (Å²) in [7, 11) is 0. The number of rotatable bonds is 4. The second-order valence-electron chi connectivity index (χ2n) is 5.90. The first kappa shape index (κ1) is 16.9. The van der Waals surface area contributed by atoms with Gasteiger partial charge in [0.2, 0.25) is 0 Å². The van der Waals surface area contributed by atoms with Gasteiger partial charge in [-0.3, -0.25) is 4.79 Å². The average molecular weight is 344 g/mol. The molecule has 1 amide bonds. The Labute approximate surface area is 145 Å². The molecule has 7 nitrogen and oxygen atoms in total. The number of aromatic nitrogens is 1. The van der Waals surface area contributed by atoms with E-state index in [-0.39, 0.29) is 0 Å². The van der Waals surface area contributed by atoms with Gasteiger partial charge in [0.05, 0.1) is 5.56 Å². The fourth-order valence-corrected chi connectivity index (χ4v) is 2.82. The van der Waals surface area contributed by atoms with E-state index in [1.165, 1.54) is 6.92 Å². The lowest BCUT2D eigenvalue weighted by atomic mass is 10.2. The summed E-state index contributed by atoms with van der Waals surface area (Å²) in [6, 6.07) is 7.34. The number of amides is 1. The van der Waals surface area contributed by atoms with Gasteiger partial charge < -0.3 is 24.5 Å². The van der Waals surface area contributed by atoms with E-state index in [1.807, 2.05) is 36.6 Å². The van der Waals surface area contributed by atoms with Crippen LogP contribution in [-0.2, 0) is 9.53 Å². The second-order valence-corrected chi connectivity index (χ2v) is 5.90. The summed E-state index contributed by atoms with van der Waals surface area (Å²) in [5, 5.41) is 0. The molecule has 0 saturated heterocycles. The lowest BCUT2D eigenvalue weighted by Crippen LogP contribution is -2.30. The minimum Gasteiger partial charge on any atom is -0.486 e. The quantitative estimate of drug-likeness (QED) is 0.855. The van der Waals surface area contributed by atoms with Crippen molar-refractivity contribution < 1.29 is 23.8 Å². The minimum absolute atomic E-state index is 0.389. The Bertz CT molecular complexity index is 840. The summed E-state index contributed by atoms with van der Waals surface area (Å²) in [4.78, 5) is 23.4. The SMILES string of the molecule is Cc1cc(C(=O)O[C@@H](C)C(N)=O)c(C)n1-c1ccc2c(c1)OCCO2. The van der Waals surface area contributed by atoms with Gasteiger partial charge in [-0.15, -0.1) is 0 Å². The van der Waals surface area contributed by atoms with E-state index in [2.05, 4.69) is 0 Å². The number of nitrogens with two attached hydrogens (primary N) is 1. The minimum atomic E-state index is -0.982. The summed E-state index contributed by atoms with van der Waals surface area (Å²) in [5.74, 6) is 0.104. The van der Waals surface area contributed by atoms with Gasteiger partial charge in [0.1, 0.15) is 13.2 Å². The molecule has 2 aromatic rings. The summed E-state index contributed by atoms with van der Waals surface area (Å²) >= 11 is 0. The maximum atomic E-state index is 12.3. The first-order chi connectivity index (χ1) is 11.9. The van der Waals surface area contributed by atoms with Crippen LogP contribution in [0.15, 0.2) is 24.3 Å². The van der Waals surface area contributed by atoms with E-state index in [1.54, 1.807) is 6.07 Å². The number of aryl methyl sites for hydroxylation is 1. The molecule has 132 valence electrons. The molecular formula is C18H20N2O5. The lowest BCUT2D eigenvalue weighted by molar-refractivity contribution is -0.125. The number of hydrogen-bond acceptors (Lipinski definition) is 5. The Hall–Kier alpha value is -2.96. The van der Waals surface area contributed by atoms with Crippen LogP contribution in [0.2, 0.25) is 0 Å². The lowest BCUT2D eigenvalue weighted by Gasteiger charge is -2.20. The molecule has 0 bridgehead atoms. The molecule has 0 unspecified atom stereocenters. The van der Waals surface area contributed by atoms with Crippen molar-refractivity contribution in [1.29, 1.82) is 0 Å². The first-order valence-electron chi connectivity index (χ1n) is 7.97. The topological polar surface area (TPSA) is 92.8 Å². The van der Waals surface area contributed by atoms with Gasteiger partial charge in [-0.2, -0.15) is 0 Å². The molecule has 0 radical (unpaired) electrons. The summed E-state index contributed by atoms with van der Waals surface area (Å²) < 4.78 is 18.2. The van der Waals surface area contributed by atoms with Crippen LogP contribution >= 0.6 is 0 Å². The Morgan fingerprint density at radius 2 is 1.84 bits per heavy atom. The van der Waals surface area contributed by atoms with E-state index < -0.39 is 18.0 Å². The predicted molar refractivity (Wildman–Crippen MR) is 90.3 cm³/mol. The number of ether oxygens (including phenoxy) is 3. The fraction of sp³-hybridized carbons (Fsp3) is 0.333. The van der Waals surface area contributed by atoms with Crippen LogP contribution in [0, 0.1) is 13.8 Å². The van der Waals surface area contributed by atoms with Crippen molar-refractivity contribution in [2.45, 2.75) is 26.9 Å². The molecule has 1 aromatic carbocycles. The highest BCUT2D eigenvalue weighted by molar-refractivity contribution is 5.93. The molecule has 0 spiro atoms. The third-order valence-electron chi connectivity index (χ3n) is 4.12. The normalized spacial score (nSPS) is 14.0. The predicted octanol–water partition coefficient (Wildman–Crippen LogP) is 1.90. The number of esters is 1. The maximum Gasteiger partial charge on any atom is 0.340 e. The number of nitrogens with zero attached hydrogens (tertiary/aromatic N) is 1. The molecule has 2 heterocycles. The first-order valence-corrected chi connectivity index (χ1v) is 7.97.